The molecule has 0 amide bonds. The van der Waals surface area contributed by atoms with Crippen LogP contribution in [-0.2, 0) is 17.3 Å². The number of allylic oxidation sites excluding steroid dienone is 5. The summed E-state index contributed by atoms with van der Waals surface area (Å²) in [5, 5.41) is 14.7. The van der Waals surface area contributed by atoms with Crippen LogP contribution in [0.3, 0.4) is 0 Å². The quantitative estimate of drug-likeness (QED) is 0.144. The van der Waals surface area contributed by atoms with Crippen LogP contribution in [0.15, 0.2) is 241 Å². The predicted octanol–water partition coefficient (Wildman–Crippen LogP) is 20.1. The van der Waals surface area contributed by atoms with Gasteiger partial charge in [0.25, 0.3) is 0 Å². The van der Waals surface area contributed by atoms with E-state index in [0.717, 1.165) is 58.8 Å². The van der Waals surface area contributed by atoms with Gasteiger partial charge in [0.05, 0.1) is 28.7 Å². The summed E-state index contributed by atoms with van der Waals surface area (Å²) in [7, 11) is 0. The molecule has 14 rings (SSSR count). The molecule has 1 unspecified atom stereocenters. The average Bonchev–Trinajstić information content (AvgIpc) is 2.90. The Bertz CT molecular complexity index is 4250. The molecule has 0 saturated heterocycles. The van der Waals surface area contributed by atoms with Crippen LogP contribution in [0.25, 0.3) is 27.6 Å². The Morgan fingerprint density at radius 2 is 1.01 bits per heavy atom. The number of anilines is 10. The maximum atomic E-state index is 9.96. The topological polar surface area (TPSA) is 36.8 Å². The van der Waals surface area contributed by atoms with Gasteiger partial charge in [0.2, 0.25) is 0 Å². The van der Waals surface area contributed by atoms with Crippen molar-refractivity contribution >= 4 is 84.5 Å². The number of hydrogen-bond acceptors (Lipinski definition) is 5. The molecule has 0 spiro atoms. The molecule has 0 fully saturated rings. The monoisotopic (exact) mass is 1030 g/mol. The number of nitrogens with zero attached hydrogens (tertiary/aromatic N) is 5. The second-order valence-electron chi connectivity index (χ2n) is 23.4. The molecule has 0 saturated carbocycles. The number of fused-ring (bicyclic) bond motifs is 7. The van der Waals surface area contributed by atoms with Gasteiger partial charge in [0.1, 0.15) is 0 Å². The van der Waals surface area contributed by atoms with Crippen LogP contribution in [0.2, 0.25) is 0 Å². The first-order valence-electron chi connectivity index (χ1n) is 28.3. The van der Waals surface area contributed by atoms with Crippen LogP contribution in [0.5, 0.6) is 0 Å². The van der Waals surface area contributed by atoms with Gasteiger partial charge in [-0.25, -0.2) is 0 Å². The molecule has 4 aliphatic rings. The fourth-order valence-corrected chi connectivity index (χ4v) is 13.6. The van der Waals surface area contributed by atoms with Gasteiger partial charge in [0.15, 0.2) is 0 Å². The summed E-state index contributed by atoms with van der Waals surface area (Å²) in [5.41, 5.74) is 23.0. The lowest BCUT2D eigenvalue weighted by Crippen LogP contribution is -2.48. The summed E-state index contributed by atoms with van der Waals surface area (Å²) in [5.74, 6) is 0.0935. The normalized spacial score (nSPS) is 16.2. The van der Waals surface area contributed by atoms with E-state index < -0.39 is 5.41 Å². The van der Waals surface area contributed by atoms with Crippen LogP contribution < -0.4 is 19.6 Å². The first-order chi connectivity index (χ1) is 39.0. The highest BCUT2D eigenvalue weighted by molar-refractivity contribution is 6.01. The van der Waals surface area contributed by atoms with Crippen molar-refractivity contribution in [2.24, 2.45) is 5.92 Å². The summed E-state index contributed by atoms with van der Waals surface area (Å²) in [6.45, 7) is 14.3. The summed E-state index contributed by atoms with van der Waals surface area (Å²) in [4.78, 5) is 10.1. The third-order valence-electron chi connectivity index (χ3n) is 17.9. The molecule has 80 heavy (non-hydrogen) atoms. The van der Waals surface area contributed by atoms with E-state index in [4.69, 9.17) is 0 Å². The van der Waals surface area contributed by atoms with E-state index in [2.05, 4.69) is 286 Å². The third kappa shape index (κ3) is 7.88. The molecule has 2 aliphatic carbocycles. The number of hydrogen-bond donors (Lipinski definition) is 0. The standard InChI is InChI=1S/C75H63N5/c1-49-28-34-55(35-29-49)77(68-25-13-19-52-16-7-10-22-61(52)68)58-40-42-71-64(44-58)74(3,4)66-46-60(79(56-36-30-50(2)31-37-56)70-27-15-21-54-18-9-12-24-63(54)70)47-67-73(66)80(71)72-43-41-59(45-65(72)75(67,5)6)78(57-38-32-51(48-76)33-39-57)69-26-14-20-53-17-8-11-23-62(53)69/h7-11,13-23,25-45,47,66H,12,24,46H2,1-6H3. The lowest BCUT2D eigenvalue weighted by atomic mass is 9.59. The largest absolute Gasteiger partial charge is 0.314 e. The zero-order chi connectivity index (χ0) is 54.4. The highest BCUT2D eigenvalue weighted by atomic mass is 15.2. The van der Waals surface area contributed by atoms with Gasteiger partial charge in [-0.2, -0.15) is 5.26 Å². The molecule has 388 valence electrons. The first kappa shape index (κ1) is 49.0. The minimum Gasteiger partial charge on any atom is -0.314 e. The highest BCUT2D eigenvalue weighted by Gasteiger charge is 2.52. The smallest absolute Gasteiger partial charge is 0.0991 e. The van der Waals surface area contributed by atoms with Gasteiger partial charge in [0, 0.05) is 78.7 Å². The van der Waals surface area contributed by atoms with E-state index in [9.17, 15) is 5.26 Å². The molecule has 0 aromatic heterocycles. The van der Waals surface area contributed by atoms with Crippen LogP contribution in [-0.4, -0.2) is 0 Å². The van der Waals surface area contributed by atoms with Crippen LogP contribution in [0.4, 0.5) is 56.9 Å². The van der Waals surface area contributed by atoms with Crippen molar-refractivity contribution in [1.29, 1.82) is 5.26 Å². The van der Waals surface area contributed by atoms with Gasteiger partial charge in [-0.15, -0.1) is 0 Å². The minimum atomic E-state index is -0.446. The lowest BCUT2D eigenvalue weighted by molar-refractivity contribution is 0.332. The molecule has 0 bridgehead atoms. The Labute approximate surface area is 470 Å². The van der Waals surface area contributed by atoms with Gasteiger partial charge in [-0.3, -0.25) is 0 Å². The zero-order valence-corrected chi connectivity index (χ0v) is 46.4. The third-order valence-corrected chi connectivity index (χ3v) is 17.9. The van der Waals surface area contributed by atoms with Crippen molar-refractivity contribution in [3.8, 4) is 6.07 Å². The second kappa shape index (κ2) is 18.9. The fourth-order valence-electron chi connectivity index (χ4n) is 13.6. The molecule has 10 aromatic rings. The van der Waals surface area contributed by atoms with E-state index in [1.807, 2.05) is 12.1 Å². The van der Waals surface area contributed by atoms with E-state index in [-0.39, 0.29) is 11.3 Å². The Morgan fingerprint density at radius 1 is 0.512 bits per heavy atom. The average molecular weight is 1030 g/mol. The van der Waals surface area contributed by atoms with E-state index in [1.165, 1.54) is 89.3 Å². The molecular weight excluding hydrogens is 971 g/mol. The van der Waals surface area contributed by atoms with Crippen molar-refractivity contribution in [1.82, 2.24) is 0 Å². The Morgan fingerprint density at radius 3 is 1.61 bits per heavy atom. The first-order valence-corrected chi connectivity index (χ1v) is 28.3. The molecule has 10 aromatic carbocycles. The second-order valence-corrected chi connectivity index (χ2v) is 23.4. The number of aryl methyl sites for hydroxylation is 2. The van der Waals surface area contributed by atoms with Gasteiger partial charge in [-0.05, 0) is 181 Å². The van der Waals surface area contributed by atoms with E-state index in [0.29, 0.717) is 5.56 Å². The maximum absolute atomic E-state index is 9.96. The zero-order valence-electron chi connectivity index (χ0n) is 46.4. The summed E-state index contributed by atoms with van der Waals surface area (Å²) in [6.07, 6.45) is 10.1. The molecule has 2 heterocycles. The Hall–Kier alpha value is -9.37. The van der Waals surface area contributed by atoms with Gasteiger partial charge >= 0.3 is 0 Å². The Kier molecular flexibility index (Phi) is 11.6. The molecule has 0 N–H and O–H groups in total. The summed E-state index contributed by atoms with van der Waals surface area (Å²) >= 11 is 0. The van der Waals surface area contributed by atoms with Crippen LogP contribution in [0.1, 0.15) is 79.5 Å². The molecular formula is C75H63N5. The molecule has 0 radical (unpaired) electrons. The fraction of sp³-hybridized carbons (Fsp3) is 0.160. The SMILES string of the molecule is Cc1ccc(N(C2=CC3=C4C(C2)C(C)(C)c2cc(N(c5ccc(C)cc5)c5cccc6ccccc56)ccc2N4c2ccc(N(c4ccc(C#N)cc4)c4cccc5ccccc45)cc2C3(C)C)c2cccc3c2CCC=C3)cc1. The van der Waals surface area contributed by atoms with Crippen molar-refractivity contribution in [2.75, 3.05) is 19.6 Å². The van der Waals surface area contributed by atoms with Crippen molar-refractivity contribution in [2.45, 2.75) is 71.6 Å². The molecule has 2 aliphatic heterocycles. The number of nitriles is 1. The summed E-state index contributed by atoms with van der Waals surface area (Å²) in [6, 6.07) is 80.6. The molecule has 5 nitrogen and oxygen atoms in total. The van der Waals surface area contributed by atoms with Gasteiger partial charge in [-0.1, -0.05) is 160 Å². The molecule has 5 heteroatoms. The van der Waals surface area contributed by atoms with E-state index >= 15 is 0 Å². The summed E-state index contributed by atoms with van der Waals surface area (Å²) < 4.78 is 0. The van der Waals surface area contributed by atoms with Gasteiger partial charge < -0.3 is 19.6 Å². The molecule has 1 atom stereocenters. The van der Waals surface area contributed by atoms with Crippen molar-refractivity contribution in [3.05, 3.63) is 280 Å². The lowest BCUT2D eigenvalue weighted by Gasteiger charge is -2.56. The van der Waals surface area contributed by atoms with Crippen LogP contribution >= 0.6 is 0 Å². The predicted molar refractivity (Wildman–Crippen MR) is 335 cm³/mol. The number of rotatable bonds is 9. The highest BCUT2D eigenvalue weighted by Crippen LogP contribution is 2.63. The van der Waals surface area contributed by atoms with E-state index in [1.54, 1.807) is 0 Å². The van der Waals surface area contributed by atoms with Crippen molar-refractivity contribution < 1.29 is 0 Å². The number of benzene rings is 10. The Balaban J connectivity index is 1.02. The maximum Gasteiger partial charge on any atom is 0.0991 e. The van der Waals surface area contributed by atoms with Crippen molar-refractivity contribution in [3.63, 3.8) is 0 Å². The van der Waals surface area contributed by atoms with Crippen LogP contribution in [0, 0.1) is 31.1 Å². The minimum absolute atomic E-state index is 0.0935.